The highest BCUT2D eigenvalue weighted by Crippen LogP contribution is 2.45. The van der Waals surface area contributed by atoms with Crippen molar-refractivity contribution in [3.05, 3.63) is 0 Å². The van der Waals surface area contributed by atoms with Gasteiger partial charge in [0.25, 0.3) is 0 Å². The number of esters is 4. The summed E-state index contributed by atoms with van der Waals surface area (Å²) in [5.74, 6) is -1.31. The molecule has 0 fully saturated rings. The predicted octanol–water partition coefficient (Wildman–Crippen LogP) is 25.2. The monoisotopic (exact) mass is 1490 g/mol. The molecule has 2 unspecified atom stereocenters. The summed E-state index contributed by atoms with van der Waals surface area (Å²) in [4.78, 5) is 73.1. The summed E-state index contributed by atoms with van der Waals surface area (Å²) < 4.78 is 68.8. The van der Waals surface area contributed by atoms with E-state index in [0.717, 1.165) is 95.8 Å². The van der Waals surface area contributed by atoms with Crippen LogP contribution >= 0.6 is 15.6 Å². The summed E-state index contributed by atoms with van der Waals surface area (Å²) in [6.45, 7) is 7.37. The van der Waals surface area contributed by atoms with E-state index in [0.29, 0.717) is 25.7 Å². The minimum atomic E-state index is -4.96. The van der Waals surface area contributed by atoms with Crippen molar-refractivity contribution in [2.45, 2.75) is 464 Å². The van der Waals surface area contributed by atoms with Crippen molar-refractivity contribution in [1.82, 2.24) is 0 Å². The Morgan fingerprint density at radius 1 is 0.265 bits per heavy atom. The van der Waals surface area contributed by atoms with Crippen molar-refractivity contribution in [2.75, 3.05) is 39.6 Å². The number of ether oxygens (including phenoxy) is 4. The first-order chi connectivity index (χ1) is 49.5. The van der Waals surface area contributed by atoms with E-state index < -0.39 is 97.5 Å². The maximum atomic E-state index is 13.1. The first kappa shape index (κ1) is 100. The van der Waals surface area contributed by atoms with Crippen LogP contribution in [-0.4, -0.2) is 96.7 Å². The van der Waals surface area contributed by atoms with E-state index in [2.05, 4.69) is 34.6 Å². The van der Waals surface area contributed by atoms with E-state index in [1.165, 1.54) is 270 Å². The molecule has 0 aliphatic rings. The quantitative estimate of drug-likeness (QED) is 0.0222. The Morgan fingerprint density at radius 2 is 0.451 bits per heavy atom. The van der Waals surface area contributed by atoms with Crippen LogP contribution in [-0.2, 0) is 65.4 Å². The van der Waals surface area contributed by atoms with Gasteiger partial charge in [0.05, 0.1) is 26.4 Å². The van der Waals surface area contributed by atoms with Gasteiger partial charge in [-0.1, -0.05) is 394 Å². The zero-order valence-corrected chi connectivity index (χ0v) is 68.5. The topological polar surface area (TPSA) is 237 Å². The number of phosphoric acid groups is 2. The normalized spacial score (nSPS) is 13.8. The second-order valence-electron chi connectivity index (χ2n) is 30.3. The molecule has 0 aliphatic carbocycles. The minimum absolute atomic E-state index is 0.109. The molecule has 0 aromatic carbocycles. The fourth-order valence-corrected chi connectivity index (χ4v) is 14.5. The van der Waals surface area contributed by atoms with E-state index in [-0.39, 0.29) is 25.7 Å². The third kappa shape index (κ3) is 76.3. The molecule has 0 heterocycles. The number of carbonyl (C=O) groups is 4. The van der Waals surface area contributed by atoms with Crippen LogP contribution in [0.1, 0.15) is 446 Å². The molecule has 606 valence electrons. The summed E-state index contributed by atoms with van der Waals surface area (Å²) in [5.41, 5.74) is 0. The molecule has 5 atom stereocenters. The Hall–Kier alpha value is -1.94. The van der Waals surface area contributed by atoms with Crippen LogP contribution in [0.4, 0.5) is 0 Å². The zero-order valence-electron chi connectivity index (χ0n) is 66.8. The molecule has 19 heteroatoms. The van der Waals surface area contributed by atoms with E-state index in [1.54, 1.807) is 0 Å². The smallest absolute Gasteiger partial charge is 0.462 e. The molecule has 0 spiro atoms. The number of hydrogen-bond acceptors (Lipinski definition) is 15. The Bertz CT molecular complexity index is 1940. The largest absolute Gasteiger partial charge is 0.472 e. The van der Waals surface area contributed by atoms with Gasteiger partial charge in [0, 0.05) is 25.7 Å². The Kier molecular flexibility index (Phi) is 74.4. The molecule has 0 saturated heterocycles. The summed E-state index contributed by atoms with van der Waals surface area (Å²) in [5, 5.41) is 10.7. The second kappa shape index (κ2) is 75.9. The maximum Gasteiger partial charge on any atom is 0.472 e. The lowest BCUT2D eigenvalue weighted by Gasteiger charge is -2.21. The fourth-order valence-electron chi connectivity index (χ4n) is 12.9. The number of rotatable bonds is 83. The van der Waals surface area contributed by atoms with Crippen LogP contribution in [0, 0.1) is 5.92 Å². The lowest BCUT2D eigenvalue weighted by atomic mass is 10.0. The second-order valence-corrected chi connectivity index (χ2v) is 33.3. The summed E-state index contributed by atoms with van der Waals surface area (Å²) in [6.07, 6.45) is 67.9. The zero-order chi connectivity index (χ0) is 74.8. The third-order valence-corrected chi connectivity index (χ3v) is 21.4. The van der Waals surface area contributed by atoms with Gasteiger partial charge >= 0.3 is 39.5 Å². The molecule has 0 saturated carbocycles. The molecule has 0 aromatic rings. The first-order valence-corrected chi connectivity index (χ1v) is 46.1. The number of aliphatic hydroxyl groups excluding tert-OH is 1. The number of carbonyl (C=O) groups excluding carboxylic acids is 4. The molecule has 0 aliphatic heterocycles. The third-order valence-electron chi connectivity index (χ3n) is 19.5. The van der Waals surface area contributed by atoms with Gasteiger partial charge in [-0.3, -0.25) is 37.3 Å². The SMILES string of the molecule is CCCCCCCCCCCCCCCCCCCCCCC(=O)O[C@H](COC(=O)CCCCCCCCCCCCCCCC(C)C)COP(=O)(O)OC[C@@H](O)COP(=O)(O)OC[C@@H](COC(=O)CCCCCCCCCCCCCCC)OC(=O)CCCCCCCCCCCCCCC. The van der Waals surface area contributed by atoms with Crippen LogP contribution in [0.15, 0.2) is 0 Å². The van der Waals surface area contributed by atoms with Crippen LogP contribution in [0.5, 0.6) is 0 Å². The van der Waals surface area contributed by atoms with Gasteiger partial charge in [-0.05, 0) is 31.6 Å². The van der Waals surface area contributed by atoms with Crippen LogP contribution < -0.4 is 0 Å². The molecule has 0 radical (unpaired) electrons. The number of unbranched alkanes of at least 4 members (excludes halogenated alkanes) is 55. The van der Waals surface area contributed by atoms with Crippen molar-refractivity contribution in [3.8, 4) is 0 Å². The molecular weight excluding hydrogens is 1330 g/mol. The van der Waals surface area contributed by atoms with Crippen LogP contribution in [0.3, 0.4) is 0 Å². The van der Waals surface area contributed by atoms with Crippen molar-refractivity contribution < 1.29 is 80.2 Å². The summed E-state index contributed by atoms with van der Waals surface area (Å²) in [6, 6.07) is 0. The van der Waals surface area contributed by atoms with Crippen molar-refractivity contribution in [1.29, 1.82) is 0 Å². The minimum Gasteiger partial charge on any atom is -0.462 e. The van der Waals surface area contributed by atoms with E-state index in [4.69, 9.17) is 37.0 Å². The van der Waals surface area contributed by atoms with Gasteiger partial charge < -0.3 is 33.8 Å². The highest BCUT2D eigenvalue weighted by atomic mass is 31.2. The molecule has 0 amide bonds. The van der Waals surface area contributed by atoms with Gasteiger partial charge in [0.15, 0.2) is 12.2 Å². The van der Waals surface area contributed by atoms with Crippen molar-refractivity contribution >= 4 is 39.5 Å². The highest BCUT2D eigenvalue weighted by molar-refractivity contribution is 7.47. The average Bonchev–Trinajstić information content (AvgIpc) is 0.944. The van der Waals surface area contributed by atoms with Gasteiger partial charge in [-0.25, -0.2) is 9.13 Å². The molecule has 17 nitrogen and oxygen atoms in total. The summed E-state index contributed by atoms with van der Waals surface area (Å²) in [7, 11) is -9.92. The Morgan fingerprint density at radius 3 is 0.667 bits per heavy atom. The Balaban J connectivity index is 5.25. The van der Waals surface area contributed by atoms with Gasteiger partial charge in [-0.2, -0.15) is 0 Å². The van der Waals surface area contributed by atoms with Gasteiger partial charge in [-0.15, -0.1) is 0 Å². The van der Waals surface area contributed by atoms with E-state index in [9.17, 15) is 43.2 Å². The number of aliphatic hydroxyl groups is 1. The van der Waals surface area contributed by atoms with Gasteiger partial charge in [0.2, 0.25) is 0 Å². The average molecular weight is 1490 g/mol. The van der Waals surface area contributed by atoms with Crippen LogP contribution in [0.2, 0.25) is 0 Å². The standard InChI is InChI=1S/C83H162O17P2/c1-6-9-12-15-18-21-24-27-28-29-30-31-32-33-38-44-49-54-59-64-69-83(88)100-79(73-94-81(86)67-62-57-52-47-42-39-34-37-40-45-50-55-60-65-76(4)5)75-98-102(91,92)96-71-77(84)70-95-101(89,90)97-74-78(99-82(87)68-63-58-53-48-43-36-26-23-20-17-14-11-8-3)72-93-80(85)66-61-56-51-46-41-35-25-22-19-16-13-10-7-2/h76-79,84H,6-75H2,1-5H3,(H,89,90)(H,91,92)/t77-,78+,79+/m0/s1. The molecule has 0 rings (SSSR count). The fraction of sp³-hybridized carbons (Fsp3) is 0.952. The van der Waals surface area contributed by atoms with Crippen molar-refractivity contribution in [2.24, 2.45) is 5.92 Å². The lowest BCUT2D eigenvalue weighted by Crippen LogP contribution is -2.30. The van der Waals surface area contributed by atoms with E-state index in [1.807, 2.05) is 0 Å². The molecule has 0 aromatic heterocycles. The number of phosphoric ester groups is 2. The predicted molar refractivity (Wildman–Crippen MR) is 418 cm³/mol. The first-order valence-electron chi connectivity index (χ1n) is 43.1. The molecular formula is C83H162O17P2. The summed E-state index contributed by atoms with van der Waals surface area (Å²) >= 11 is 0. The molecule has 0 bridgehead atoms. The van der Waals surface area contributed by atoms with Gasteiger partial charge in [0.1, 0.15) is 19.3 Å². The highest BCUT2D eigenvalue weighted by Gasteiger charge is 2.30. The van der Waals surface area contributed by atoms with Crippen LogP contribution in [0.25, 0.3) is 0 Å². The van der Waals surface area contributed by atoms with Crippen molar-refractivity contribution in [3.63, 3.8) is 0 Å². The van der Waals surface area contributed by atoms with E-state index >= 15 is 0 Å². The Labute approximate surface area is 626 Å². The molecule has 102 heavy (non-hydrogen) atoms. The molecule has 3 N–H and O–H groups in total. The number of hydrogen-bond donors (Lipinski definition) is 3. The lowest BCUT2D eigenvalue weighted by molar-refractivity contribution is -0.161. The maximum absolute atomic E-state index is 13.1.